The van der Waals surface area contributed by atoms with Crippen LogP contribution in [0.5, 0.6) is 0 Å². The number of hydrogen-bond acceptors (Lipinski definition) is 6. The summed E-state index contributed by atoms with van der Waals surface area (Å²) < 4.78 is 2.10. The van der Waals surface area contributed by atoms with Gasteiger partial charge in [-0.3, -0.25) is 4.79 Å². The highest BCUT2D eigenvalue weighted by molar-refractivity contribution is 7.99. The molecule has 4 rings (SSSR count). The number of rotatable bonds is 9. The van der Waals surface area contributed by atoms with E-state index in [0.29, 0.717) is 17.6 Å². The second-order valence-corrected chi connectivity index (χ2v) is 10.0. The molecule has 0 unspecified atom stereocenters. The summed E-state index contributed by atoms with van der Waals surface area (Å²) in [6, 6.07) is 8.21. The molecule has 1 amide bonds. The highest BCUT2D eigenvalue weighted by Gasteiger charge is 2.20. The van der Waals surface area contributed by atoms with Crippen molar-refractivity contribution >= 4 is 34.1 Å². The van der Waals surface area contributed by atoms with E-state index in [4.69, 9.17) is 0 Å². The molecule has 1 aromatic carbocycles. The van der Waals surface area contributed by atoms with Gasteiger partial charge in [-0.25, -0.2) is 4.98 Å². The Kier molecular flexibility index (Phi) is 7.76. The predicted molar refractivity (Wildman–Crippen MR) is 132 cm³/mol. The SMILES string of the molecule is C=CCn1c(CC2CCCCC2)nnc1SCC(=O)Nc1nc(-c2ccc(C)cc2)cs1. The van der Waals surface area contributed by atoms with Crippen molar-refractivity contribution in [3.05, 3.63) is 53.7 Å². The van der Waals surface area contributed by atoms with Crippen LogP contribution in [-0.2, 0) is 17.8 Å². The smallest absolute Gasteiger partial charge is 0.236 e. The number of allylic oxidation sites excluding steroid dienone is 1. The first-order chi connectivity index (χ1) is 15.6. The second-order valence-electron chi connectivity index (χ2n) is 8.25. The van der Waals surface area contributed by atoms with E-state index in [1.54, 1.807) is 0 Å². The minimum Gasteiger partial charge on any atom is -0.302 e. The maximum absolute atomic E-state index is 12.5. The molecule has 0 atom stereocenters. The zero-order valence-electron chi connectivity index (χ0n) is 18.4. The molecule has 1 aliphatic rings. The monoisotopic (exact) mass is 467 g/mol. The van der Waals surface area contributed by atoms with Crippen LogP contribution in [0, 0.1) is 12.8 Å². The van der Waals surface area contributed by atoms with E-state index in [2.05, 4.69) is 50.7 Å². The minimum absolute atomic E-state index is 0.0956. The van der Waals surface area contributed by atoms with Gasteiger partial charge in [-0.15, -0.1) is 28.1 Å². The van der Waals surface area contributed by atoms with Gasteiger partial charge in [0.25, 0.3) is 0 Å². The van der Waals surface area contributed by atoms with Crippen molar-refractivity contribution in [3.8, 4) is 11.3 Å². The first-order valence-corrected chi connectivity index (χ1v) is 13.0. The number of aromatic nitrogens is 4. The number of nitrogens with one attached hydrogen (secondary N) is 1. The summed E-state index contributed by atoms with van der Waals surface area (Å²) in [5, 5.41) is 15.1. The van der Waals surface area contributed by atoms with Crippen molar-refractivity contribution < 1.29 is 4.79 Å². The maximum Gasteiger partial charge on any atom is 0.236 e. The lowest BCUT2D eigenvalue weighted by Crippen LogP contribution is -2.15. The lowest BCUT2D eigenvalue weighted by Gasteiger charge is -2.21. The third kappa shape index (κ3) is 5.86. The van der Waals surface area contributed by atoms with Gasteiger partial charge in [0.2, 0.25) is 5.91 Å². The molecule has 6 nitrogen and oxygen atoms in total. The number of aryl methyl sites for hydroxylation is 1. The summed E-state index contributed by atoms with van der Waals surface area (Å²) in [6.07, 6.45) is 9.31. The van der Waals surface area contributed by atoms with E-state index in [1.807, 2.05) is 23.6 Å². The highest BCUT2D eigenvalue weighted by Crippen LogP contribution is 2.28. The summed E-state index contributed by atoms with van der Waals surface area (Å²) in [7, 11) is 0. The van der Waals surface area contributed by atoms with Crippen molar-refractivity contribution in [1.29, 1.82) is 0 Å². The Morgan fingerprint density at radius 3 is 2.78 bits per heavy atom. The molecule has 1 fully saturated rings. The van der Waals surface area contributed by atoms with E-state index < -0.39 is 0 Å². The number of amides is 1. The van der Waals surface area contributed by atoms with E-state index in [9.17, 15) is 4.79 Å². The molecule has 3 aromatic rings. The number of nitrogens with zero attached hydrogens (tertiary/aromatic N) is 4. The summed E-state index contributed by atoms with van der Waals surface area (Å²) in [5.74, 6) is 1.85. The Morgan fingerprint density at radius 2 is 2.03 bits per heavy atom. The largest absolute Gasteiger partial charge is 0.302 e. The maximum atomic E-state index is 12.5. The first-order valence-electron chi connectivity index (χ1n) is 11.1. The number of thioether (sulfide) groups is 1. The fourth-order valence-electron chi connectivity index (χ4n) is 4.01. The van der Waals surface area contributed by atoms with Crippen LogP contribution in [0.25, 0.3) is 11.3 Å². The van der Waals surface area contributed by atoms with Gasteiger partial charge in [0.1, 0.15) is 5.82 Å². The van der Waals surface area contributed by atoms with Crippen LogP contribution >= 0.6 is 23.1 Å². The average molecular weight is 468 g/mol. The van der Waals surface area contributed by atoms with Gasteiger partial charge >= 0.3 is 0 Å². The van der Waals surface area contributed by atoms with Gasteiger partial charge in [0.05, 0.1) is 11.4 Å². The van der Waals surface area contributed by atoms with Crippen LogP contribution in [0.15, 0.2) is 47.5 Å². The molecule has 0 saturated heterocycles. The van der Waals surface area contributed by atoms with Gasteiger partial charge in [0.15, 0.2) is 10.3 Å². The molecule has 2 aromatic heterocycles. The van der Waals surface area contributed by atoms with Crippen LogP contribution in [0.1, 0.15) is 43.5 Å². The summed E-state index contributed by atoms with van der Waals surface area (Å²) in [4.78, 5) is 17.1. The molecule has 1 saturated carbocycles. The Labute approximate surface area is 197 Å². The predicted octanol–water partition coefficient (Wildman–Crippen LogP) is 5.75. The van der Waals surface area contributed by atoms with Gasteiger partial charge in [-0.05, 0) is 12.8 Å². The topological polar surface area (TPSA) is 72.7 Å². The summed E-state index contributed by atoms with van der Waals surface area (Å²) in [5.41, 5.74) is 3.13. The molecule has 0 aliphatic heterocycles. The quantitative estimate of drug-likeness (QED) is 0.320. The van der Waals surface area contributed by atoms with Gasteiger partial charge < -0.3 is 9.88 Å². The number of hydrogen-bond donors (Lipinski definition) is 1. The molecular formula is C24H29N5OS2. The summed E-state index contributed by atoms with van der Waals surface area (Å²) >= 11 is 2.84. The normalized spacial score (nSPS) is 14.4. The van der Waals surface area contributed by atoms with E-state index in [0.717, 1.165) is 28.7 Å². The van der Waals surface area contributed by atoms with Crippen molar-refractivity contribution in [1.82, 2.24) is 19.7 Å². The van der Waals surface area contributed by atoms with Gasteiger partial charge in [-0.2, -0.15) is 0 Å². The molecule has 168 valence electrons. The lowest BCUT2D eigenvalue weighted by atomic mass is 9.87. The Hall–Kier alpha value is -2.45. The Bertz CT molecular complexity index is 1050. The van der Waals surface area contributed by atoms with Crippen LogP contribution in [-0.4, -0.2) is 31.4 Å². The third-order valence-corrected chi connectivity index (χ3v) is 7.46. The van der Waals surface area contributed by atoms with Crippen molar-refractivity contribution in [2.24, 2.45) is 5.92 Å². The molecule has 0 spiro atoms. The zero-order chi connectivity index (χ0) is 22.3. The summed E-state index contributed by atoms with van der Waals surface area (Å²) in [6.45, 7) is 6.59. The Morgan fingerprint density at radius 1 is 1.25 bits per heavy atom. The second kappa shape index (κ2) is 10.9. The molecule has 8 heteroatoms. The average Bonchev–Trinajstić information content (AvgIpc) is 3.41. The van der Waals surface area contributed by atoms with Crippen molar-refractivity contribution in [2.75, 3.05) is 11.1 Å². The molecular weight excluding hydrogens is 438 g/mol. The molecule has 2 heterocycles. The van der Waals surface area contributed by atoms with E-state index >= 15 is 0 Å². The van der Waals surface area contributed by atoms with Crippen LogP contribution in [0.4, 0.5) is 5.13 Å². The van der Waals surface area contributed by atoms with E-state index in [-0.39, 0.29) is 11.7 Å². The standard InChI is InChI=1S/C24H29N5OS2/c1-3-13-29-21(14-18-7-5-4-6-8-18)27-28-24(29)32-16-22(30)26-23-25-20(15-31-23)19-11-9-17(2)10-12-19/h3,9-12,15,18H,1,4-8,13-14,16H2,2H3,(H,25,26,30). The fourth-order valence-corrected chi connectivity index (χ4v) is 5.51. The third-order valence-electron chi connectivity index (χ3n) is 5.73. The molecule has 0 radical (unpaired) electrons. The lowest BCUT2D eigenvalue weighted by molar-refractivity contribution is -0.113. The first kappa shape index (κ1) is 22.7. The zero-order valence-corrected chi connectivity index (χ0v) is 20.1. The molecule has 0 bridgehead atoms. The number of carbonyl (C=O) groups excluding carboxylic acids is 1. The number of thiazole rings is 1. The van der Waals surface area contributed by atoms with Crippen molar-refractivity contribution in [3.63, 3.8) is 0 Å². The van der Waals surface area contributed by atoms with Crippen LogP contribution < -0.4 is 5.32 Å². The molecule has 32 heavy (non-hydrogen) atoms. The van der Waals surface area contributed by atoms with E-state index in [1.165, 1.54) is 60.8 Å². The van der Waals surface area contributed by atoms with Crippen LogP contribution in [0.3, 0.4) is 0 Å². The van der Waals surface area contributed by atoms with Crippen molar-refractivity contribution in [2.45, 2.75) is 57.1 Å². The molecule has 1 N–H and O–H groups in total. The molecule has 1 aliphatic carbocycles. The minimum atomic E-state index is -0.0956. The number of anilines is 1. The van der Waals surface area contributed by atoms with Gasteiger partial charge in [-0.1, -0.05) is 79.8 Å². The highest BCUT2D eigenvalue weighted by atomic mass is 32.2. The van der Waals surface area contributed by atoms with Gasteiger partial charge in [0, 0.05) is 23.9 Å². The number of benzene rings is 1. The number of carbonyl (C=O) groups is 1. The fraction of sp³-hybridized carbons (Fsp3) is 0.417. The van der Waals surface area contributed by atoms with Crippen LogP contribution in [0.2, 0.25) is 0 Å². The Balaban J connectivity index is 1.34.